The Morgan fingerprint density at radius 1 is 1.45 bits per heavy atom. The molecule has 0 N–H and O–H groups in total. The van der Waals surface area contributed by atoms with Crippen molar-refractivity contribution in [3.63, 3.8) is 0 Å². The summed E-state index contributed by atoms with van der Waals surface area (Å²) >= 11 is 0. The molecule has 0 saturated heterocycles. The molecule has 0 fully saturated rings. The van der Waals surface area contributed by atoms with Gasteiger partial charge in [0.2, 0.25) is 0 Å². The summed E-state index contributed by atoms with van der Waals surface area (Å²) in [6.45, 7) is 4.24. The maximum absolute atomic E-state index is 2.33. The lowest BCUT2D eigenvalue weighted by Crippen LogP contribution is -1.67. The molecule has 0 aromatic carbocycles. The summed E-state index contributed by atoms with van der Waals surface area (Å²) in [7, 11) is 0. The number of hydrogen-bond donors (Lipinski definition) is 0. The predicted octanol–water partition coefficient (Wildman–Crippen LogP) is 3.62. The molecule has 0 heterocycles. The molecule has 0 aromatic heterocycles. The van der Waals surface area contributed by atoms with Gasteiger partial charge >= 0.3 is 0 Å². The first kappa shape index (κ1) is 8.32. The van der Waals surface area contributed by atoms with Crippen LogP contribution in [0.5, 0.6) is 0 Å². The van der Waals surface area contributed by atoms with Crippen LogP contribution in [0, 0.1) is 0 Å². The summed E-state index contributed by atoms with van der Waals surface area (Å²) in [4.78, 5) is 0. The van der Waals surface area contributed by atoms with Gasteiger partial charge in [0.05, 0.1) is 0 Å². The van der Waals surface area contributed by atoms with Gasteiger partial charge in [0.15, 0.2) is 0 Å². The number of rotatable bonds is 2. The molecule has 0 bridgehead atoms. The second-order valence-electron chi connectivity index (χ2n) is 3.27. The summed E-state index contributed by atoms with van der Waals surface area (Å²) in [6.07, 6.45) is 12.7. The highest BCUT2D eigenvalue weighted by atomic mass is 14.0. The molecule has 0 atom stereocenters. The SMILES string of the molecule is CC(C)=CC=CC1=CCCC1. The minimum Gasteiger partial charge on any atom is -0.0813 e. The van der Waals surface area contributed by atoms with Crippen LogP contribution in [-0.2, 0) is 0 Å². The molecule has 1 aliphatic rings. The zero-order valence-electron chi connectivity index (χ0n) is 7.43. The van der Waals surface area contributed by atoms with Gasteiger partial charge in [-0.2, -0.15) is 0 Å². The molecule has 0 radical (unpaired) electrons. The Balaban J connectivity index is 2.41. The maximum atomic E-state index is 2.33. The first-order chi connectivity index (χ1) is 5.29. The fourth-order valence-electron chi connectivity index (χ4n) is 1.21. The van der Waals surface area contributed by atoms with Crippen LogP contribution in [0.15, 0.2) is 35.5 Å². The topological polar surface area (TPSA) is 0 Å². The summed E-state index contributed by atoms with van der Waals surface area (Å²) in [5.41, 5.74) is 2.86. The van der Waals surface area contributed by atoms with Crippen molar-refractivity contribution in [1.29, 1.82) is 0 Å². The normalized spacial score (nSPS) is 17.1. The van der Waals surface area contributed by atoms with Crippen LogP contribution in [0.1, 0.15) is 33.1 Å². The average molecular weight is 148 g/mol. The summed E-state index contributed by atoms with van der Waals surface area (Å²) in [5, 5.41) is 0. The Morgan fingerprint density at radius 2 is 2.27 bits per heavy atom. The Kier molecular flexibility index (Phi) is 3.15. The third-order valence-corrected chi connectivity index (χ3v) is 1.82. The molecule has 0 spiro atoms. The highest BCUT2D eigenvalue weighted by molar-refractivity contribution is 5.25. The first-order valence-corrected chi connectivity index (χ1v) is 4.29. The van der Waals surface area contributed by atoms with E-state index in [4.69, 9.17) is 0 Å². The van der Waals surface area contributed by atoms with Crippen LogP contribution in [0.25, 0.3) is 0 Å². The fraction of sp³-hybridized carbons (Fsp3) is 0.455. The molecule has 1 rings (SSSR count). The van der Waals surface area contributed by atoms with Gasteiger partial charge in [-0.25, -0.2) is 0 Å². The molecule has 1 aliphatic carbocycles. The lowest BCUT2D eigenvalue weighted by atomic mass is 10.2. The molecule has 60 valence electrons. The zero-order valence-corrected chi connectivity index (χ0v) is 7.43. The molecular weight excluding hydrogens is 132 g/mol. The molecule has 0 unspecified atom stereocenters. The molecule has 0 aromatic rings. The van der Waals surface area contributed by atoms with Gasteiger partial charge in [-0.05, 0) is 33.1 Å². The van der Waals surface area contributed by atoms with Crippen molar-refractivity contribution in [2.24, 2.45) is 0 Å². The van der Waals surface area contributed by atoms with E-state index in [1.54, 1.807) is 0 Å². The van der Waals surface area contributed by atoms with Crippen molar-refractivity contribution in [3.8, 4) is 0 Å². The second kappa shape index (κ2) is 4.17. The fourth-order valence-corrected chi connectivity index (χ4v) is 1.21. The zero-order chi connectivity index (χ0) is 8.10. The van der Waals surface area contributed by atoms with E-state index in [0.717, 1.165) is 0 Å². The van der Waals surface area contributed by atoms with E-state index in [2.05, 4.69) is 38.2 Å². The highest BCUT2D eigenvalue weighted by Gasteiger charge is 1.98. The van der Waals surface area contributed by atoms with E-state index in [1.807, 2.05) is 0 Å². The van der Waals surface area contributed by atoms with Gasteiger partial charge in [-0.3, -0.25) is 0 Å². The van der Waals surface area contributed by atoms with Gasteiger partial charge in [-0.15, -0.1) is 0 Å². The smallest absolute Gasteiger partial charge is 0.0279 e. The summed E-state index contributed by atoms with van der Waals surface area (Å²) < 4.78 is 0. The third kappa shape index (κ3) is 3.22. The minimum absolute atomic E-state index is 1.27. The molecule has 11 heavy (non-hydrogen) atoms. The Hall–Kier alpha value is -0.780. The molecule has 0 saturated carbocycles. The van der Waals surface area contributed by atoms with Crippen molar-refractivity contribution in [2.45, 2.75) is 33.1 Å². The number of hydrogen-bond acceptors (Lipinski definition) is 0. The quantitative estimate of drug-likeness (QED) is 0.525. The lowest BCUT2D eigenvalue weighted by molar-refractivity contribution is 0.916. The highest BCUT2D eigenvalue weighted by Crippen LogP contribution is 2.18. The van der Waals surface area contributed by atoms with Gasteiger partial charge in [0.1, 0.15) is 0 Å². The summed E-state index contributed by atoms with van der Waals surface area (Å²) in [5.74, 6) is 0. The van der Waals surface area contributed by atoms with Crippen LogP contribution >= 0.6 is 0 Å². The van der Waals surface area contributed by atoms with E-state index >= 15 is 0 Å². The summed E-state index contributed by atoms with van der Waals surface area (Å²) in [6, 6.07) is 0. The van der Waals surface area contributed by atoms with Crippen molar-refractivity contribution in [2.75, 3.05) is 0 Å². The molecule has 0 aliphatic heterocycles. The lowest BCUT2D eigenvalue weighted by Gasteiger charge is -1.88. The van der Waals surface area contributed by atoms with Crippen LogP contribution in [-0.4, -0.2) is 0 Å². The van der Waals surface area contributed by atoms with Crippen LogP contribution in [0.3, 0.4) is 0 Å². The van der Waals surface area contributed by atoms with Gasteiger partial charge < -0.3 is 0 Å². The minimum atomic E-state index is 1.27. The number of allylic oxidation sites excluding steroid dienone is 6. The molecular formula is C11H16. The van der Waals surface area contributed by atoms with E-state index in [1.165, 1.54) is 30.4 Å². The second-order valence-corrected chi connectivity index (χ2v) is 3.27. The molecule has 0 nitrogen and oxygen atoms in total. The van der Waals surface area contributed by atoms with Crippen LogP contribution < -0.4 is 0 Å². The first-order valence-electron chi connectivity index (χ1n) is 4.29. The van der Waals surface area contributed by atoms with Crippen molar-refractivity contribution < 1.29 is 0 Å². The van der Waals surface area contributed by atoms with Crippen molar-refractivity contribution >= 4 is 0 Å². The van der Waals surface area contributed by atoms with Gasteiger partial charge in [0.25, 0.3) is 0 Å². The van der Waals surface area contributed by atoms with E-state index in [9.17, 15) is 0 Å². The van der Waals surface area contributed by atoms with E-state index in [0.29, 0.717) is 0 Å². The third-order valence-electron chi connectivity index (χ3n) is 1.82. The van der Waals surface area contributed by atoms with Crippen LogP contribution in [0.2, 0.25) is 0 Å². The van der Waals surface area contributed by atoms with Gasteiger partial charge in [-0.1, -0.05) is 35.5 Å². The molecule has 0 heteroatoms. The largest absolute Gasteiger partial charge is 0.0813 e. The predicted molar refractivity (Wildman–Crippen MR) is 50.5 cm³/mol. The molecule has 0 amide bonds. The monoisotopic (exact) mass is 148 g/mol. The van der Waals surface area contributed by atoms with Crippen molar-refractivity contribution in [1.82, 2.24) is 0 Å². The van der Waals surface area contributed by atoms with E-state index < -0.39 is 0 Å². The Bertz CT molecular complexity index is 200. The Labute approximate surface area is 69.3 Å². The standard InChI is InChI=1S/C11H16/c1-10(2)6-5-9-11-7-3-4-8-11/h5-7,9H,3-4,8H2,1-2H3. The van der Waals surface area contributed by atoms with Crippen LogP contribution in [0.4, 0.5) is 0 Å². The van der Waals surface area contributed by atoms with Gasteiger partial charge in [0, 0.05) is 0 Å². The van der Waals surface area contributed by atoms with E-state index in [-0.39, 0.29) is 0 Å². The van der Waals surface area contributed by atoms with Crippen molar-refractivity contribution in [3.05, 3.63) is 35.5 Å². The maximum Gasteiger partial charge on any atom is -0.0279 e. The average Bonchev–Trinajstić information content (AvgIpc) is 2.39. The Morgan fingerprint density at radius 3 is 2.82 bits per heavy atom.